The molecule has 0 unspecified atom stereocenters. The maximum absolute atomic E-state index is 12.7. The first kappa shape index (κ1) is 23.7. The Kier molecular flexibility index (Phi) is 8.26. The van der Waals surface area contributed by atoms with Crippen LogP contribution in [0.5, 0.6) is 0 Å². The number of hydrogen-bond acceptors (Lipinski definition) is 5. The molecular weight excluding hydrogens is 512 g/mol. The van der Waals surface area contributed by atoms with Gasteiger partial charge in [0.1, 0.15) is 17.0 Å². The molecule has 3 rings (SSSR count). The smallest absolute Gasteiger partial charge is 0.433 e. The zero-order chi connectivity index (χ0) is 20.9. The van der Waals surface area contributed by atoms with Crippen LogP contribution in [-0.2, 0) is 12.7 Å². The Hall–Kier alpha value is -2.57. The first-order valence-corrected chi connectivity index (χ1v) is 8.94. The highest BCUT2D eigenvalue weighted by molar-refractivity contribution is 14.0. The summed E-state index contributed by atoms with van der Waals surface area (Å²) in [6.45, 7) is 3.16. The van der Waals surface area contributed by atoms with Gasteiger partial charge in [0, 0.05) is 37.3 Å². The fraction of sp³-hybridized carbons (Fsp3) is 0.316. The van der Waals surface area contributed by atoms with E-state index in [0.29, 0.717) is 25.6 Å². The Labute approximate surface area is 188 Å². The molecule has 0 amide bonds. The first-order chi connectivity index (χ1) is 13.9. The van der Waals surface area contributed by atoms with Gasteiger partial charge in [-0.3, -0.25) is 4.99 Å². The van der Waals surface area contributed by atoms with Gasteiger partial charge >= 0.3 is 6.18 Å². The number of nitrogens with zero attached hydrogens (tertiary/aromatic N) is 3. The molecule has 3 aromatic rings. The molecule has 2 aromatic heterocycles. The van der Waals surface area contributed by atoms with Crippen LogP contribution >= 0.6 is 24.0 Å². The van der Waals surface area contributed by atoms with Crippen molar-refractivity contribution in [2.75, 3.05) is 25.5 Å². The summed E-state index contributed by atoms with van der Waals surface area (Å²) < 4.78 is 43.9. The number of fused-ring (bicyclic) bond motifs is 1. The van der Waals surface area contributed by atoms with E-state index in [0.717, 1.165) is 34.6 Å². The highest BCUT2D eigenvalue weighted by Gasteiger charge is 2.32. The van der Waals surface area contributed by atoms with E-state index in [1.807, 2.05) is 31.2 Å². The monoisotopic (exact) mass is 534 g/mol. The fourth-order valence-corrected chi connectivity index (χ4v) is 2.74. The predicted molar refractivity (Wildman–Crippen MR) is 120 cm³/mol. The highest BCUT2D eigenvalue weighted by atomic mass is 127. The number of alkyl halides is 3. The molecule has 11 heteroatoms. The van der Waals surface area contributed by atoms with Crippen molar-refractivity contribution in [3.8, 4) is 0 Å². The molecule has 0 atom stereocenters. The molecule has 162 valence electrons. The molecular formula is C19H22F3IN6O. The van der Waals surface area contributed by atoms with Gasteiger partial charge in [-0.05, 0) is 19.1 Å². The molecule has 0 saturated heterocycles. The van der Waals surface area contributed by atoms with Crippen LogP contribution in [0.25, 0.3) is 11.0 Å². The van der Waals surface area contributed by atoms with E-state index in [4.69, 9.17) is 4.42 Å². The molecule has 0 bridgehead atoms. The van der Waals surface area contributed by atoms with E-state index in [9.17, 15) is 13.2 Å². The van der Waals surface area contributed by atoms with Gasteiger partial charge in [0.15, 0.2) is 5.96 Å². The molecule has 2 heterocycles. The van der Waals surface area contributed by atoms with E-state index in [-0.39, 0.29) is 29.9 Å². The summed E-state index contributed by atoms with van der Waals surface area (Å²) in [5, 5.41) is 10.0. The van der Waals surface area contributed by atoms with Crippen LogP contribution in [0.3, 0.4) is 0 Å². The summed E-state index contributed by atoms with van der Waals surface area (Å²) in [6.07, 6.45) is -3.43. The van der Waals surface area contributed by atoms with Gasteiger partial charge in [-0.25, -0.2) is 9.97 Å². The molecule has 1 aromatic carbocycles. The van der Waals surface area contributed by atoms with E-state index < -0.39 is 11.9 Å². The standard InChI is InChI=1S/C19H21F3N6O.HI/c1-12-13-5-3-4-6-14(13)29-15(12)11-27-17(23-2)25-9-10-26-18-24-8-7-16(28-18)19(20,21)22;/h3-8H,9-11H2,1-2H3,(H2,23,25,27)(H,24,26,28);1H. The molecule has 30 heavy (non-hydrogen) atoms. The van der Waals surface area contributed by atoms with Gasteiger partial charge in [-0.1, -0.05) is 18.2 Å². The summed E-state index contributed by atoms with van der Waals surface area (Å²) in [6, 6.07) is 8.63. The van der Waals surface area contributed by atoms with E-state index >= 15 is 0 Å². The van der Waals surface area contributed by atoms with Crippen LogP contribution in [0.2, 0.25) is 0 Å². The van der Waals surface area contributed by atoms with Gasteiger partial charge in [-0.15, -0.1) is 24.0 Å². The number of aryl methyl sites for hydroxylation is 1. The normalized spacial score (nSPS) is 11.8. The topological polar surface area (TPSA) is 87.4 Å². The number of aliphatic imine (C=N–C) groups is 1. The number of guanidine groups is 1. The molecule has 0 aliphatic rings. The van der Waals surface area contributed by atoms with E-state index in [1.165, 1.54) is 0 Å². The number of rotatable bonds is 6. The molecule has 0 aliphatic heterocycles. The van der Waals surface area contributed by atoms with Gasteiger partial charge in [-0.2, -0.15) is 13.2 Å². The van der Waals surface area contributed by atoms with Crippen molar-refractivity contribution < 1.29 is 17.6 Å². The lowest BCUT2D eigenvalue weighted by atomic mass is 10.1. The third-order valence-electron chi connectivity index (χ3n) is 4.23. The number of para-hydroxylation sites is 1. The maximum atomic E-state index is 12.7. The van der Waals surface area contributed by atoms with Crippen LogP contribution in [0.4, 0.5) is 19.1 Å². The van der Waals surface area contributed by atoms with Crippen LogP contribution in [-0.4, -0.2) is 36.1 Å². The average Bonchev–Trinajstić information content (AvgIpc) is 3.03. The Balaban J connectivity index is 0.00000320. The molecule has 7 nitrogen and oxygen atoms in total. The number of nitrogens with one attached hydrogen (secondary N) is 3. The molecule has 0 fully saturated rings. The predicted octanol–water partition coefficient (Wildman–Crippen LogP) is 3.95. The van der Waals surface area contributed by atoms with Crippen molar-refractivity contribution in [1.29, 1.82) is 0 Å². The van der Waals surface area contributed by atoms with Gasteiger partial charge < -0.3 is 20.4 Å². The van der Waals surface area contributed by atoms with Gasteiger partial charge in [0.25, 0.3) is 0 Å². The minimum absolute atomic E-state index is 0. The molecule has 0 saturated carbocycles. The summed E-state index contributed by atoms with van der Waals surface area (Å²) in [4.78, 5) is 11.4. The number of halogens is 4. The maximum Gasteiger partial charge on any atom is 0.433 e. The SMILES string of the molecule is CN=C(NCCNc1nccc(C(F)(F)F)n1)NCc1oc2ccccc2c1C.I. The third kappa shape index (κ3) is 5.97. The summed E-state index contributed by atoms with van der Waals surface area (Å²) in [5.74, 6) is 1.27. The minimum Gasteiger partial charge on any atom is -0.459 e. The Morgan fingerprint density at radius 2 is 1.90 bits per heavy atom. The quantitative estimate of drug-likeness (QED) is 0.192. The van der Waals surface area contributed by atoms with Crippen LogP contribution in [0, 0.1) is 6.92 Å². The van der Waals surface area contributed by atoms with Gasteiger partial charge in [0.2, 0.25) is 5.95 Å². The lowest BCUT2D eigenvalue weighted by molar-refractivity contribution is -0.141. The Morgan fingerprint density at radius 1 is 1.13 bits per heavy atom. The van der Waals surface area contributed by atoms with Crippen molar-refractivity contribution >= 4 is 46.9 Å². The fourth-order valence-electron chi connectivity index (χ4n) is 2.74. The van der Waals surface area contributed by atoms with Crippen LogP contribution in [0.15, 0.2) is 45.9 Å². The summed E-state index contributed by atoms with van der Waals surface area (Å²) >= 11 is 0. The average molecular weight is 534 g/mol. The van der Waals surface area contributed by atoms with Crippen molar-refractivity contribution in [3.63, 3.8) is 0 Å². The molecule has 0 spiro atoms. The number of benzene rings is 1. The first-order valence-electron chi connectivity index (χ1n) is 8.94. The number of aromatic nitrogens is 2. The lowest BCUT2D eigenvalue weighted by Gasteiger charge is -2.12. The van der Waals surface area contributed by atoms with Crippen LogP contribution < -0.4 is 16.0 Å². The van der Waals surface area contributed by atoms with Crippen molar-refractivity contribution in [3.05, 3.63) is 53.5 Å². The Bertz CT molecular complexity index is 1010. The molecule has 3 N–H and O–H groups in total. The van der Waals surface area contributed by atoms with Crippen LogP contribution in [0.1, 0.15) is 17.0 Å². The number of anilines is 1. The number of hydrogen-bond donors (Lipinski definition) is 3. The van der Waals surface area contributed by atoms with E-state index in [1.54, 1.807) is 7.05 Å². The highest BCUT2D eigenvalue weighted by Crippen LogP contribution is 2.27. The van der Waals surface area contributed by atoms with Crippen molar-refractivity contribution in [2.24, 2.45) is 4.99 Å². The lowest BCUT2D eigenvalue weighted by Crippen LogP contribution is -2.39. The second-order valence-corrected chi connectivity index (χ2v) is 6.19. The summed E-state index contributed by atoms with van der Waals surface area (Å²) in [5.41, 5.74) is 0.906. The number of furan rings is 1. The Morgan fingerprint density at radius 3 is 2.60 bits per heavy atom. The molecule has 0 radical (unpaired) electrons. The molecule has 0 aliphatic carbocycles. The second kappa shape index (κ2) is 10.5. The summed E-state index contributed by atoms with van der Waals surface area (Å²) in [7, 11) is 1.63. The van der Waals surface area contributed by atoms with E-state index in [2.05, 4.69) is 30.9 Å². The van der Waals surface area contributed by atoms with Gasteiger partial charge in [0.05, 0.1) is 6.54 Å². The second-order valence-electron chi connectivity index (χ2n) is 6.19. The minimum atomic E-state index is -4.50. The largest absolute Gasteiger partial charge is 0.459 e. The zero-order valence-electron chi connectivity index (χ0n) is 16.4. The van der Waals surface area contributed by atoms with Crippen molar-refractivity contribution in [1.82, 2.24) is 20.6 Å². The third-order valence-corrected chi connectivity index (χ3v) is 4.23. The van der Waals surface area contributed by atoms with Crippen molar-refractivity contribution in [2.45, 2.75) is 19.6 Å². The zero-order valence-corrected chi connectivity index (χ0v) is 18.7.